The smallest absolute Gasteiger partial charge is 0.248 e. The van der Waals surface area contributed by atoms with Crippen molar-refractivity contribution in [3.05, 3.63) is 12.3 Å². The van der Waals surface area contributed by atoms with Gasteiger partial charge in [0.15, 0.2) is 0 Å². The van der Waals surface area contributed by atoms with Crippen LogP contribution in [-0.4, -0.2) is 23.2 Å². The lowest BCUT2D eigenvalue weighted by Gasteiger charge is -2.03. The predicted molar refractivity (Wildman–Crippen MR) is 31.6 cm³/mol. The Morgan fingerprint density at radius 3 is 2.62 bits per heavy atom. The van der Waals surface area contributed by atoms with Gasteiger partial charge >= 0.3 is 0 Å². The summed E-state index contributed by atoms with van der Waals surface area (Å²) in [5.74, 6) is -0.0494. The van der Waals surface area contributed by atoms with Gasteiger partial charge in [-0.3, -0.25) is 4.79 Å². The maximum absolute atomic E-state index is 10.6. The van der Waals surface area contributed by atoms with E-state index in [0.29, 0.717) is 0 Å². The van der Waals surface area contributed by atoms with Gasteiger partial charge in [-0.25, -0.2) is 0 Å². The van der Waals surface area contributed by atoms with Crippen LogP contribution in [0.4, 0.5) is 0 Å². The fraction of sp³-hybridized carbons (Fsp3) is 0.400. The molecular formula is C5H6ClNO. The molecule has 0 aromatic carbocycles. The van der Waals surface area contributed by atoms with Gasteiger partial charge in [0.1, 0.15) is 5.38 Å². The Labute approximate surface area is 52.7 Å². The highest BCUT2D eigenvalue weighted by Crippen LogP contribution is 2.09. The molecule has 44 valence electrons. The van der Waals surface area contributed by atoms with Gasteiger partial charge in [0.25, 0.3) is 0 Å². The predicted octanol–water partition coefficient (Wildman–Crippen LogP) is 0.579. The minimum Gasteiger partial charge on any atom is -0.321 e. The molecule has 1 aliphatic heterocycles. The fourth-order valence-electron chi connectivity index (χ4n) is 0.555. The molecule has 1 unspecified atom stereocenters. The third-order valence-electron chi connectivity index (χ3n) is 1.06. The van der Waals surface area contributed by atoms with E-state index in [1.165, 1.54) is 4.90 Å². The maximum Gasteiger partial charge on any atom is 0.248 e. The van der Waals surface area contributed by atoms with Crippen LogP contribution in [0.1, 0.15) is 0 Å². The molecule has 0 bridgehead atoms. The molecule has 0 N–H and O–H groups in total. The number of alkyl halides is 1. The van der Waals surface area contributed by atoms with Gasteiger partial charge in [-0.2, -0.15) is 0 Å². The Hall–Kier alpha value is -0.500. The van der Waals surface area contributed by atoms with Crippen LogP contribution in [0.5, 0.6) is 0 Å². The molecule has 0 spiro atoms. The SMILES string of the molecule is CN1C=CC(Cl)C1=O. The molecular weight excluding hydrogens is 126 g/mol. The Bertz CT molecular complexity index is 129. The van der Waals surface area contributed by atoms with Crippen LogP contribution in [0.2, 0.25) is 0 Å². The number of rotatable bonds is 0. The first-order chi connectivity index (χ1) is 3.72. The van der Waals surface area contributed by atoms with Crippen LogP contribution in [0.25, 0.3) is 0 Å². The van der Waals surface area contributed by atoms with E-state index in [9.17, 15) is 4.79 Å². The minimum atomic E-state index is -0.431. The molecule has 0 fully saturated rings. The Morgan fingerprint density at radius 1 is 1.88 bits per heavy atom. The summed E-state index contributed by atoms with van der Waals surface area (Å²) in [5, 5.41) is -0.431. The van der Waals surface area contributed by atoms with E-state index in [2.05, 4.69) is 0 Å². The van der Waals surface area contributed by atoms with Gasteiger partial charge in [0.2, 0.25) is 5.91 Å². The summed E-state index contributed by atoms with van der Waals surface area (Å²) < 4.78 is 0. The quantitative estimate of drug-likeness (QED) is 0.441. The van der Waals surface area contributed by atoms with E-state index >= 15 is 0 Å². The van der Waals surface area contributed by atoms with Crippen LogP contribution in [0.3, 0.4) is 0 Å². The van der Waals surface area contributed by atoms with Crippen molar-refractivity contribution in [1.82, 2.24) is 4.90 Å². The standard InChI is InChI=1S/C5H6ClNO/c1-7-3-2-4(6)5(7)8/h2-4H,1H3. The van der Waals surface area contributed by atoms with Crippen molar-refractivity contribution in [2.45, 2.75) is 5.38 Å². The van der Waals surface area contributed by atoms with Crippen molar-refractivity contribution < 1.29 is 4.79 Å². The van der Waals surface area contributed by atoms with Crippen LogP contribution in [0.15, 0.2) is 12.3 Å². The molecule has 0 saturated heterocycles. The molecule has 0 radical (unpaired) electrons. The van der Waals surface area contributed by atoms with E-state index in [0.717, 1.165) is 0 Å². The molecule has 0 aromatic heterocycles. The van der Waals surface area contributed by atoms with Crippen LogP contribution in [-0.2, 0) is 4.79 Å². The first-order valence-corrected chi connectivity index (χ1v) is 2.74. The lowest BCUT2D eigenvalue weighted by Crippen LogP contribution is -2.21. The second kappa shape index (κ2) is 1.78. The number of halogens is 1. The molecule has 2 nitrogen and oxygen atoms in total. The summed E-state index contributed by atoms with van der Waals surface area (Å²) in [6, 6.07) is 0. The third kappa shape index (κ3) is 0.713. The molecule has 1 rings (SSSR count). The molecule has 1 aliphatic rings. The third-order valence-corrected chi connectivity index (χ3v) is 1.39. The highest BCUT2D eigenvalue weighted by atomic mass is 35.5. The van der Waals surface area contributed by atoms with Crippen molar-refractivity contribution in [2.24, 2.45) is 0 Å². The molecule has 0 saturated carbocycles. The van der Waals surface area contributed by atoms with E-state index in [1.807, 2.05) is 0 Å². The average Bonchev–Trinajstić information content (AvgIpc) is 1.98. The van der Waals surface area contributed by atoms with Gasteiger partial charge in [0, 0.05) is 13.2 Å². The van der Waals surface area contributed by atoms with Gasteiger partial charge in [-0.05, 0) is 6.08 Å². The van der Waals surface area contributed by atoms with Crippen molar-refractivity contribution in [3.8, 4) is 0 Å². The monoisotopic (exact) mass is 131 g/mol. The lowest BCUT2D eigenvalue weighted by atomic mass is 10.4. The topological polar surface area (TPSA) is 20.3 Å². The number of hydrogen-bond acceptors (Lipinski definition) is 1. The van der Waals surface area contributed by atoms with Crippen LogP contribution >= 0.6 is 11.6 Å². The summed E-state index contributed by atoms with van der Waals surface area (Å²) >= 11 is 5.48. The first-order valence-electron chi connectivity index (χ1n) is 2.31. The second-order valence-corrected chi connectivity index (χ2v) is 2.16. The molecule has 3 heteroatoms. The maximum atomic E-state index is 10.6. The highest BCUT2D eigenvalue weighted by Gasteiger charge is 2.20. The number of amides is 1. The van der Waals surface area contributed by atoms with Crippen LogP contribution in [0, 0.1) is 0 Å². The number of nitrogens with zero attached hydrogens (tertiary/aromatic N) is 1. The van der Waals surface area contributed by atoms with E-state index in [-0.39, 0.29) is 5.91 Å². The van der Waals surface area contributed by atoms with E-state index in [4.69, 9.17) is 11.6 Å². The summed E-state index contributed by atoms with van der Waals surface area (Å²) in [6.07, 6.45) is 3.32. The van der Waals surface area contributed by atoms with Gasteiger partial charge in [-0.15, -0.1) is 11.6 Å². The molecule has 1 heterocycles. The van der Waals surface area contributed by atoms with Gasteiger partial charge < -0.3 is 4.90 Å². The largest absolute Gasteiger partial charge is 0.321 e. The van der Waals surface area contributed by atoms with E-state index in [1.54, 1.807) is 19.3 Å². The molecule has 1 atom stereocenters. The van der Waals surface area contributed by atoms with Gasteiger partial charge in [-0.1, -0.05) is 0 Å². The number of hydrogen-bond donors (Lipinski definition) is 0. The minimum absolute atomic E-state index is 0.0494. The Morgan fingerprint density at radius 2 is 2.50 bits per heavy atom. The van der Waals surface area contributed by atoms with Crippen molar-refractivity contribution in [3.63, 3.8) is 0 Å². The second-order valence-electron chi connectivity index (χ2n) is 1.69. The summed E-state index contributed by atoms with van der Waals surface area (Å²) in [4.78, 5) is 12.1. The normalized spacial score (nSPS) is 27.5. The van der Waals surface area contributed by atoms with Crippen molar-refractivity contribution in [2.75, 3.05) is 7.05 Å². The Balaban J connectivity index is 2.70. The molecule has 8 heavy (non-hydrogen) atoms. The zero-order valence-electron chi connectivity index (χ0n) is 4.47. The molecule has 0 aromatic rings. The molecule has 1 amide bonds. The lowest BCUT2D eigenvalue weighted by molar-refractivity contribution is -0.125. The average molecular weight is 132 g/mol. The van der Waals surface area contributed by atoms with Gasteiger partial charge in [0.05, 0.1) is 0 Å². The zero-order valence-corrected chi connectivity index (χ0v) is 5.22. The summed E-state index contributed by atoms with van der Waals surface area (Å²) in [6.45, 7) is 0. The summed E-state index contributed by atoms with van der Waals surface area (Å²) in [7, 11) is 1.68. The highest BCUT2D eigenvalue weighted by molar-refractivity contribution is 6.32. The number of carbonyl (C=O) groups excluding carboxylic acids is 1. The zero-order chi connectivity index (χ0) is 6.15. The van der Waals surface area contributed by atoms with Crippen molar-refractivity contribution >= 4 is 17.5 Å². The van der Waals surface area contributed by atoms with Crippen LogP contribution < -0.4 is 0 Å². The fourth-order valence-corrected chi connectivity index (χ4v) is 0.774. The Kier molecular flexibility index (Phi) is 1.26. The summed E-state index contributed by atoms with van der Waals surface area (Å²) in [5.41, 5.74) is 0. The van der Waals surface area contributed by atoms with Crippen molar-refractivity contribution in [1.29, 1.82) is 0 Å². The molecule has 0 aliphatic carbocycles. The first kappa shape index (κ1) is 5.63. The van der Waals surface area contributed by atoms with E-state index < -0.39 is 5.38 Å². The number of carbonyl (C=O) groups is 1.